The summed E-state index contributed by atoms with van der Waals surface area (Å²) in [5.74, 6) is 1.66. The second-order valence-electron chi connectivity index (χ2n) is 8.52. The molecule has 1 aromatic carbocycles. The van der Waals surface area contributed by atoms with Crippen molar-refractivity contribution >= 4 is 5.91 Å². The van der Waals surface area contributed by atoms with Gasteiger partial charge in [-0.2, -0.15) is 0 Å². The van der Waals surface area contributed by atoms with E-state index in [-0.39, 0.29) is 11.4 Å². The lowest BCUT2D eigenvalue weighted by Gasteiger charge is -2.58. The number of aryl methyl sites for hydroxylation is 1. The van der Waals surface area contributed by atoms with Crippen LogP contribution in [0.3, 0.4) is 0 Å². The van der Waals surface area contributed by atoms with E-state index in [1.165, 1.54) is 19.3 Å². The smallest absolute Gasteiger partial charge is 0.253 e. The first kappa shape index (κ1) is 17.0. The Morgan fingerprint density at radius 1 is 1.20 bits per heavy atom. The highest BCUT2D eigenvalue weighted by Crippen LogP contribution is 2.39. The molecule has 0 bridgehead atoms. The summed E-state index contributed by atoms with van der Waals surface area (Å²) >= 11 is 0. The number of rotatable bonds is 5. The van der Waals surface area contributed by atoms with E-state index in [0.29, 0.717) is 5.92 Å². The van der Waals surface area contributed by atoms with Crippen LogP contribution in [0.15, 0.2) is 24.3 Å². The van der Waals surface area contributed by atoms with Gasteiger partial charge in [0.2, 0.25) is 0 Å². The SMILES string of the molecule is Cc1cccc(C(=O)N2CC3(CC(COCC4CC4)CCN3C)C2)c1. The van der Waals surface area contributed by atoms with E-state index in [1.54, 1.807) is 0 Å². The van der Waals surface area contributed by atoms with Crippen molar-refractivity contribution in [1.82, 2.24) is 9.80 Å². The third kappa shape index (κ3) is 3.61. The minimum atomic E-state index is 0.172. The van der Waals surface area contributed by atoms with Crippen LogP contribution >= 0.6 is 0 Å². The standard InChI is InChI=1S/C21H30N2O2/c1-16-4-3-5-19(10-16)20(24)23-14-21(15-23)11-18(8-9-22(21)2)13-25-12-17-6-7-17/h3-5,10,17-18H,6-9,11-15H2,1-2H3. The molecule has 1 spiro atoms. The molecule has 0 radical (unpaired) electrons. The lowest BCUT2D eigenvalue weighted by Crippen LogP contribution is -2.72. The van der Waals surface area contributed by atoms with Gasteiger partial charge in [0.15, 0.2) is 0 Å². The fourth-order valence-electron chi connectivity index (χ4n) is 4.38. The number of carbonyl (C=O) groups excluding carboxylic acids is 1. The number of amides is 1. The highest BCUT2D eigenvalue weighted by atomic mass is 16.5. The van der Waals surface area contributed by atoms with Crippen molar-refractivity contribution in [3.63, 3.8) is 0 Å². The maximum atomic E-state index is 12.7. The number of ether oxygens (including phenoxy) is 1. The molecule has 1 atom stereocenters. The first-order valence-electron chi connectivity index (χ1n) is 9.71. The van der Waals surface area contributed by atoms with Crippen molar-refractivity contribution in [3.8, 4) is 0 Å². The third-order valence-corrected chi connectivity index (χ3v) is 6.28. The summed E-state index contributed by atoms with van der Waals surface area (Å²) in [5, 5.41) is 0. The molecular weight excluding hydrogens is 312 g/mol. The van der Waals surface area contributed by atoms with Gasteiger partial charge in [0.1, 0.15) is 0 Å². The molecule has 4 heteroatoms. The number of carbonyl (C=O) groups is 1. The molecule has 25 heavy (non-hydrogen) atoms. The van der Waals surface area contributed by atoms with Crippen molar-refractivity contribution in [2.24, 2.45) is 11.8 Å². The maximum Gasteiger partial charge on any atom is 0.253 e. The summed E-state index contributed by atoms with van der Waals surface area (Å²) < 4.78 is 5.95. The maximum absolute atomic E-state index is 12.7. The Bertz CT molecular complexity index is 635. The average Bonchev–Trinajstić information content (AvgIpc) is 3.38. The molecule has 136 valence electrons. The van der Waals surface area contributed by atoms with Crippen LogP contribution in [-0.4, -0.2) is 61.1 Å². The molecule has 3 aliphatic rings. The number of piperidine rings is 1. The number of hydrogen-bond acceptors (Lipinski definition) is 3. The molecule has 1 aromatic rings. The van der Waals surface area contributed by atoms with Gasteiger partial charge < -0.3 is 9.64 Å². The van der Waals surface area contributed by atoms with Crippen molar-refractivity contribution in [2.45, 2.75) is 38.1 Å². The Kier molecular flexibility index (Phi) is 4.59. The molecular formula is C21H30N2O2. The first-order chi connectivity index (χ1) is 12.1. The number of likely N-dealkylation sites (N-methyl/N-ethyl adjacent to an activating group) is 1. The molecule has 1 aliphatic carbocycles. The molecule has 1 saturated carbocycles. The van der Waals surface area contributed by atoms with Crippen molar-refractivity contribution < 1.29 is 9.53 Å². The highest BCUT2D eigenvalue weighted by Gasteiger charge is 2.51. The lowest BCUT2D eigenvalue weighted by atomic mass is 9.75. The quantitative estimate of drug-likeness (QED) is 0.825. The first-order valence-corrected chi connectivity index (χ1v) is 9.71. The minimum Gasteiger partial charge on any atom is -0.381 e. The van der Waals surface area contributed by atoms with Gasteiger partial charge in [-0.3, -0.25) is 9.69 Å². The van der Waals surface area contributed by atoms with Gasteiger partial charge in [0, 0.05) is 31.9 Å². The Labute approximate surface area is 151 Å². The normalized spacial score (nSPS) is 25.8. The zero-order valence-electron chi connectivity index (χ0n) is 15.5. The summed E-state index contributed by atoms with van der Waals surface area (Å²) in [7, 11) is 2.22. The summed E-state index contributed by atoms with van der Waals surface area (Å²) in [6, 6.07) is 7.93. The Hall–Kier alpha value is -1.39. The van der Waals surface area contributed by atoms with E-state index in [2.05, 4.69) is 11.9 Å². The van der Waals surface area contributed by atoms with E-state index >= 15 is 0 Å². The van der Waals surface area contributed by atoms with Crippen LogP contribution in [0.2, 0.25) is 0 Å². The van der Waals surface area contributed by atoms with Gasteiger partial charge in [0.25, 0.3) is 5.91 Å². The lowest BCUT2D eigenvalue weighted by molar-refractivity contribution is -0.0761. The molecule has 1 unspecified atom stereocenters. The predicted molar refractivity (Wildman–Crippen MR) is 98.7 cm³/mol. The molecule has 1 amide bonds. The van der Waals surface area contributed by atoms with Crippen LogP contribution in [0.5, 0.6) is 0 Å². The fraction of sp³-hybridized carbons (Fsp3) is 0.667. The van der Waals surface area contributed by atoms with Crippen molar-refractivity contribution in [3.05, 3.63) is 35.4 Å². The van der Waals surface area contributed by atoms with Gasteiger partial charge in [-0.1, -0.05) is 17.7 Å². The number of nitrogens with zero attached hydrogens (tertiary/aromatic N) is 2. The van der Waals surface area contributed by atoms with E-state index < -0.39 is 0 Å². The topological polar surface area (TPSA) is 32.8 Å². The largest absolute Gasteiger partial charge is 0.381 e. The van der Waals surface area contributed by atoms with Crippen LogP contribution in [0.25, 0.3) is 0 Å². The Morgan fingerprint density at radius 2 is 1.96 bits per heavy atom. The molecule has 2 aliphatic heterocycles. The van der Waals surface area contributed by atoms with E-state index in [9.17, 15) is 4.79 Å². The van der Waals surface area contributed by atoms with Crippen LogP contribution in [0.4, 0.5) is 0 Å². The zero-order valence-corrected chi connectivity index (χ0v) is 15.5. The Morgan fingerprint density at radius 3 is 2.68 bits per heavy atom. The number of benzene rings is 1. The van der Waals surface area contributed by atoms with Crippen LogP contribution in [-0.2, 0) is 4.74 Å². The second-order valence-corrected chi connectivity index (χ2v) is 8.52. The minimum absolute atomic E-state index is 0.172. The molecule has 4 nitrogen and oxygen atoms in total. The number of likely N-dealkylation sites (tertiary alicyclic amines) is 2. The van der Waals surface area contributed by atoms with Crippen molar-refractivity contribution in [1.29, 1.82) is 0 Å². The predicted octanol–water partition coefficient (Wildman–Crippen LogP) is 2.96. The molecule has 0 aromatic heterocycles. The van der Waals surface area contributed by atoms with Crippen LogP contribution < -0.4 is 0 Å². The third-order valence-electron chi connectivity index (χ3n) is 6.28. The average molecular weight is 342 g/mol. The van der Waals surface area contributed by atoms with Gasteiger partial charge in [-0.05, 0) is 70.2 Å². The van der Waals surface area contributed by atoms with E-state index in [4.69, 9.17) is 4.74 Å². The monoisotopic (exact) mass is 342 g/mol. The summed E-state index contributed by atoms with van der Waals surface area (Å²) in [5.41, 5.74) is 2.13. The fourth-order valence-corrected chi connectivity index (χ4v) is 4.38. The van der Waals surface area contributed by atoms with E-state index in [0.717, 1.165) is 56.3 Å². The zero-order chi connectivity index (χ0) is 17.4. The van der Waals surface area contributed by atoms with Crippen LogP contribution in [0, 0.1) is 18.8 Å². The van der Waals surface area contributed by atoms with Gasteiger partial charge in [-0.25, -0.2) is 0 Å². The van der Waals surface area contributed by atoms with E-state index in [1.807, 2.05) is 36.1 Å². The van der Waals surface area contributed by atoms with Gasteiger partial charge in [0.05, 0.1) is 5.54 Å². The second kappa shape index (κ2) is 6.73. The summed E-state index contributed by atoms with van der Waals surface area (Å²) in [6.07, 6.45) is 5.08. The summed E-state index contributed by atoms with van der Waals surface area (Å²) in [4.78, 5) is 17.2. The number of hydrogen-bond donors (Lipinski definition) is 0. The molecule has 0 N–H and O–H groups in total. The van der Waals surface area contributed by atoms with Gasteiger partial charge >= 0.3 is 0 Å². The molecule has 2 saturated heterocycles. The van der Waals surface area contributed by atoms with Crippen LogP contribution in [0.1, 0.15) is 41.6 Å². The molecule has 4 rings (SSSR count). The highest BCUT2D eigenvalue weighted by molar-refractivity contribution is 5.95. The summed E-state index contributed by atoms with van der Waals surface area (Å²) in [6.45, 7) is 6.72. The molecule has 2 heterocycles. The Balaban J connectivity index is 1.33. The molecule has 3 fully saturated rings. The van der Waals surface area contributed by atoms with Crippen molar-refractivity contribution in [2.75, 3.05) is 39.9 Å². The van der Waals surface area contributed by atoms with Gasteiger partial charge in [-0.15, -0.1) is 0 Å².